The summed E-state index contributed by atoms with van der Waals surface area (Å²) in [4.78, 5) is 0. The Hall–Kier alpha value is -0.860. The molecule has 0 aromatic heterocycles. The summed E-state index contributed by atoms with van der Waals surface area (Å²) >= 11 is 0. The van der Waals surface area contributed by atoms with Crippen LogP contribution in [-0.4, -0.2) is 23.3 Å². The van der Waals surface area contributed by atoms with E-state index in [-0.39, 0.29) is 6.04 Å². The van der Waals surface area contributed by atoms with Gasteiger partial charge in [0.2, 0.25) is 0 Å². The Morgan fingerprint density at radius 1 is 1.31 bits per heavy atom. The third-order valence-electron chi connectivity index (χ3n) is 3.47. The number of rotatable bonds is 3. The molecule has 2 heteroatoms. The van der Waals surface area contributed by atoms with Crippen molar-refractivity contribution >= 4 is 0 Å². The highest BCUT2D eigenvalue weighted by Crippen LogP contribution is 2.23. The zero-order valence-electron chi connectivity index (χ0n) is 9.95. The molecule has 1 aliphatic heterocycles. The van der Waals surface area contributed by atoms with Gasteiger partial charge in [0.05, 0.1) is 5.60 Å². The zero-order valence-corrected chi connectivity index (χ0v) is 9.95. The van der Waals surface area contributed by atoms with E-state index in [0.717, 1.165) is 19.4 Å². The van der Waals surface area contributed by atoms with Gasteiger partial charge in [0.15, 0.2) is 0 Å². The minimum Gasteiger partial charge on any atom is -0.388 e. The lowest BCUT2D eigenvalue weighted by molar-refractivity contribution is 0.0104. The molecule has 0 spiro atoms. The molecule has 88 valence electrons. The van der Waals surface area contributed by atoms with E-state index in [0.29, 0.717) is 0 Å². The number of nitrogens with one attached hydrogen (secondary N) is 1. The molecule has 16 heavy (non-hydrogen) atoms. The molecule has 0 amide bonds. The van der Waals surface area contributed by atoms with Gasteiger partial charge in [-0.15, -0.1) is 0 Å². The minimum atomic E-state index is -0.637. The van der Waals surface area contributed by atoms with Gasteiger partial charge < -0.3 is 10.4 Å². The third kappa shape index (κ3) is 2.83. The first-order valence-corrected chi connectivity index (χ1v) is 6.18. The first-order chi connectivity index (χ1) is 7.68. The zero-order chi connectivity index (χ0) is 11.4. The molecule has 0 bridgehead atoms. The number of piperidine rings is 1. The number of hydrogen-bond donors (Lipinski definition) is 2. The van der Waals surface area contributed by atoms with E-state index in [9.17, 15) is 5.11 Å². The van der Waals surface area contributed by atoms with E-state index >= 15 is 0 Å². The van der Waals surface area contributed by atoms with Crippen molar-refractivity contribution in [2.45, 2.75) is 44.2 Å². The predicted molar refractivity (Wildman–Crippen MR) is 66.4 cm³/mol. The van der Waals surface area contributed by atoms with Gasteiger partial charge in [-0.3, -0.25) is 0 Å². The van der Waals surface area contributed by atoms with Crippen molar-refractivity contribution in [2.75, 3.05) is 6.54 Å². The van der Waals surface area contributed by atoms with Crippen LogP contribution >= 0.6 is 0 Å². The molecular formula is C14H21NO. The highest BCUT2D eigenvalue weighted by atomic mass is 16.3. The highest BCUT2D eigenvalue weighted by molar-refractivity contribution is 5.17. The lowest BCUT2D eigenvalue weighted by atomic mass is 9.84. The van der Waals surface area contributed by atoms with Crippen LogP contribution in [0.5, 0.6) is 0 Å². The lowest BCUT2D eigenvalue weighted by Gasteiger charge is -2.36. The van der Waals surface area contributed by atoms with E-state index in [1.165, 1.54) is 18.4 Å². The molecule has 2 rings (SSSR count). The van der Waals surface area contributed by atoms with Crippen molar-refractivity contribution in [3.63, 3.8) is 0 Å². The average molecular weight is 219 g/mol. The Morgan fingerprint density at radius 3 is 2.69 bits per heavy atom. The van der Waals surface area contributed by atoms with Gasteiger partial charge in [-0.05, 0) is 31.9 Å². The number of benzene rings is 1. The van der Waals surface area contributed by atoms with E-state index in [1.807, 2.05) is 25.1 Å². The van der Waals surface area contributed by atoms with Crippen molar-refractivity contribution in [3.05, 3.63) is 35.9 Å². The summed E-state index contributed by atoms with van der Waals surface area (Å²) in [7, 11) is 0. The predicted octanol–water partition coefficient (Wildman–Crippen LogP) is 2.12. The number of aliphatic hydroxyl groups is 1. The van der Waals surface area contributed by atoms with Crippen molar-refractivity contribution in [2.24, 2.45) is 0 Å². The largest absolute Gasteiger partial charge is 0.388 e. The summed E-state index contributed by atoms with van der Waals surface area (Å²) in [6, 6.07) is 10.5. The maximum absolute atomic E-state index is 10.5. The monoisotopic (exact) mass is 219 g/mol. The van der Waals surface area contributed by atoms with Gasteiger partial charge in [0.1, 0.15) is 0 Å². The van der Waals surface area contributed by atoms with E-state index in [2.05, 4.69) is 17.4 Å². The standard InChI is InChI=1S/C14H21NO/c1-14(16,13-9-5-6-10-15-13)11-12-7-3-2-4-8-12/h2-4,7-8,13,15-16H,5-6,9-11H2,1H3. The molecule has 0 radical (unpaired) electrons. The van der Waals surface area contributed by atoms with E-state index < -0.39 is 5.60 Å². The molecular weight excluding hydrogens is 198 g/mol. The molecule has 2 atom stereocenters. The second kappa shape index (κ2) is 4.98. The Labute approximate surface area is 97.7 Å². The quantitative estimate of drug-likeness (QED) is 0.816. The second-order valence-corrected chi connectivity index (χ2v) is 5.02. The summed E-state index contributed by atoms with van der Waals surface area (Å²) in [5.41, 5.74) is 0.571. The Morgan fingerprint density at radius 2 is 2.06 bits per heavy atom. The normalized spacial score (nSPS) is 25.0. The molecule has 2 nitrogen and oxygen atoms in total. The van der Waals surface area contributed by atoms with Crippen LogP contribution in [-0.2, 0) is 6.42 Å². The van der Waals surface area contributed by atoms with Gasteiger partial charge in [0, 0.05) is 12.5 Å². The van der Waals surface area contributed by atoms with Crippen molar-refractivity contribution < 1.29 is 5.11 Å². The first kappa shape index (κ1) is 11.6. The van der Waals surface area contributed by atoms with Gasteiger partial charge in [0.25, 0.3) is 0 Å². The topological polar surface area (TPSA) is 32.3 Å². The van der Waals surface area contributed by atoms with Gasteiger partial charge in [-0.25, -0.2) is 0 Å². The van der Waals surface area contributed by atoms with Crippen LogP contribution < -0.4 is 5.32 Å². The van der Waals surface area contributed by atoms with Crippen LogP contribution in [0.1, 0.15) is 31.7 Å². The number of hydrogen-bond acceptors (Lipinski definition) is 2. The Balaban J connectivity index is 2.01. The molecule has 1 aromatic carbocycles. The summed E-state index contributed by atoms with van der Waals surface area (Å²) in [5, 5.41) is 14.0. The van der Waals surface area contributed by atoms with Gasteiger partial charge in [-0.2, -0.15) is 0 Å². The van der Waals surface area contributed by atoms with E-state index in [1.54, 1.807) is 0 Å². The summed E-state index contributed by atoms with van der Waals surface area (Å²) in [6.45, 7) is 2.98. The molecule has 0 saturated carbocycles. The fourth-order valence-electron chi connectivity index (χ4n) is 2.51. The Bertz CT molecular complexity index is 315. The fourth-order valence-corrected chi connectivity index (χ4v) is 2.51. The molecule has 2 unspecified atom stereocenters. The van der Waals surface area contributed by atoms with Crippen LogP contribution in [0.25, 0.3) is 0 Å². The van der Waals surface area contributed by atoms with Crippen LogP contribution in [0.3, 0.4) is 0 Å². The van der Waals surface area contributed by atoms with Crippen molar-refractivity contribution in [1.29, 1.82) is 0 Å². The van der Waals surface area contributed by atoms with Crippen molar-refractivity contribution in [1.82, 2.24) is 5.32 Å². The third-order valence-corrected chi connectivity index (χ3v) is 3.47. The maximum Gasteiger partial charge on any atom is 0.0812 e. The molecule has 1 fully saturated rings. The van der Waals surface area contributed by atoms with Crippen LogP contribution in [0.2, 0.25) is 0 Å². The minimum absolute atomic E-state index is 0.237. The molecule has 1 aromatic rings. The highest BCUT2D eigenvalue weighted by Gasteiger charge is 2.32. The van der Waals surface area contributed by atoms with Crippen molar-refractivity contribution in [3.8, 4) is 0 Å². The maximum atomic E-state index is 10.5. The van der Waals surface area contributed by atoms with E-state index in [4.69, 9.17) is 0 Å². The Kier molecular flexibility index (Phi) is 3.62. The summed E-state index contributed by atoms with van der Waals surface area (Å²) in [6.07, 6.45) is 4.27. The smallest absolute Gasteiger partial charge is 0.0812 e. The second-order valence-electron chi connectivity index (χ2n) is 5.02. The van der Waals surface area contributed by atoms with Crippen LogP contribution in [0.4, 0.5) is 0 Å². The molecule has 1 heterocycles. The molecule has 1 aliphatic rings. The average Bonchev–Trinajstić information content (AvgIpc) is 2.31. The van der Waals surface area contributed by atoms with Crippen LogP contribution in [0, 0.1) is 0 Å². The molecule has 0 aliphatic carbocycles. The summed E-state index contributed by atoms with van der Waals surface area (Å²) < 4.78 is 0. The first-order valence-electron chi connectivity index (χ1n) is 6.18. The summed E-state index contributed by atoms with van der Waals surface area (Å²) in [5.74, 6) is 0. The molecule has 1 saturated heterocycles. The fraction of sp³-hybridized carbons (Fsp3) is 0.571. The SMILES string of the molecule is CC(O)(Cc1ccccc1)C1CCCCN1. The lowest BCUT2D eigenvalue weighted by Crippen LogP contribution is -2.52. The van der Waals surface area contributed by atoms with Crippen LogP contribution in [0.15, 0.2) is 30.3 Å². The molecule has 2 N–H and O–H groups in total. The van der Waals surface area contributed by atoms with Gasteiger partial charge in [-0.1, -0.05) is 36.8 Å². The van der Waals surface area contributed by atoms with Gasteiger partial charge >= 0.3 is 0 Å².